The van der Waals surface area contributed by atoms with Crippen LogP contribution in [0.1, 0.15) is 10.4 Å². The van der Waals surface area contributed by atoms with E-state index in [1.165, 1.54) is 6.20 Å². The zero-order valence-corrected chi connectivity index (χ0v) is 7.79. The lowest BCUT2D eigenvalue weighted by molar-refractivity contribution is 0.1000. The van der Waals surface area contributed by atoms with Gasteiger partial charge >= 0.3 is 0 Å². The summed E-state index contributed by atoms with van der Waals surface area (Å²) in [5.74, 6) is -0.559. The number of hydrogen-bond acceptors (Lipinski definition) is 4. The normalized spacial score (nSPS) is 9.87. The van der Waals surface area contributed by atoms with E-state index < -0.39 is 5.91 Å². The van der Waals surface area contributed by atoms with Crippen molar-refractivity contribution < 1.29 is 4.79 Å². The van der Waals surface area contributed by atoms with Crippen LogP contribution in [-0.2, 0) is 0 Å². The Labute approximate surface area is 86.0 Å². The van der Waals surface area contributed by atoms with Gasteiger partial charge in [-0.3, -0.25) is 4.79 Å². The topological polar surface area (TPSA) is 81.8 Å². The SMILES string of the molecule is NC(=O)c1cnnnc1-c1ccccc1. The van der Waals surface area contributed by atoms with Crippen LogP contribution in [-0.4, -0.2) is 21.3 Å². The van der Waals surface area contributed by atoms with Gasteiger partial charge in [0, 0.05) is 5.56 Å². The van der Waals surface area contributed by atoms with E-state index in [-0.39, 0.29) is 5.56 Å². The number of benzene rings is 1. The molecule has 1 amide bonds. The molecule has 15 heavy (non-hydrogen) atoms. The van der Waals surface area contributed by atoms with Gasteiger partial charge in [-0.15, -0.1) is 10.2 Å². The maximum absolute atomic E-state index is 11.1. The molecule has 1 aromatic carbocycles. The summed E-state index contributed by atoms with van der Waals surface area (Å²) >= 11 is 0. The summed E-state index contributed by atoms with van der Waals surface area (Å²) in [5, 5.41) is 10.8. The summed E-state index contributed by atoms with van der Waals surface area (Å²) < 4.78 is 0. The molecule has 5 heteroatoms. The molecule has 2 aromatic rings. The molecule has 1 heterocycles. The molecule has 0 aliphatic rings. The molecule has 0 saturated heterocycles. The summed E-state index contributed by atoms with van der Waals surface area (Å²) in [4.78, 5) is 11.1. The number of nitrogens with two attached hydrogens (primary N) is 1. The molecule has 0 saturated carbocycles. The van der Waals surface area contributed by atoms with Crippen molar-refractivity contribution in [1.82, 2.24) is 15.4 Å². The highest BCUT2D eigenvalue weighted by Crippen LogP contribution is 2.18. The fraction of sp³-hybridized carbons (Fsp3) is 0. The molecule has 5 nitrogen and oxygen atoms in total. The Balaban J connectivity index is 2.58. The van der Waals surface area contributed by atoms with Crippen molar-refractivity contribution in [3.05, 3.63) is 42.1 Å². The van der Waals surface area contributed by atoms with Crippen LogP contribution >= 0.6 is 0 Å². The summed E-state index contributed by atoms with van der Waals surface area (Å²) in [6, 6.07) is 9.24. The molecule has 0 spiro atoms. The van der Waals surface area contributed by atoms with Crippen molar-refractivity contribution in [2.75, 3.05) is 0 Å². The Morgan fingerprint density at radius 1 is 1.20 bits per heavy atom. The van der Waals surface area contributed by atoms with Crippen LogP contribution in [0.2, 0.25) is 0 Å². The average molecular weight is 200 g/mol. The van der Waals surface area contributed by atoms with Gasteiger partial charge in [-0.25, -0.2) is 0 Å². The van der Waals surface area contributed by atoms with Gasteiger partial charge in [0.25, 0.3) is 5.91 Å². The van der Waals surface area contributed by atoms with Crippen molar-refractivity contribution in [3.63, 3.8) is 0 Å². The second kappa shape index (κ2) is 3.83. The molecule has 0 bridgehead atoms. The quantitative estimate of drug-likeness (QED) is 0.771. The van der Waals surface area contributed by atoms with Gasteiger partial charge in [-0.1, -0.05) is 30.3 Å². The molecule has 0 unspecified atom stereocenters. The molecule has 2 N–H and O–H groups in total. The predicted octanol–water partition coefficient (Wildman–Crippen LogP) is 0.637. The summed E-state index contributed by atoms with van der Waals surface area (Å²) in [6.45, 7) is 0. The molecule has 0 aliphatic carbocycles. The Hall–Kier alpha value is -2.30. The van der Waals surface area contributed by atoms with Gasteiger partial charge in [0.2, 0.25) is 0 Å². The number of primary amides is 1. The van der Waals surface area contributed by atoms with Crippen LogP contribution in [0, 0.1) is 0 Å². The predicted molar refractivity (Wildman–Crippen MR) is 53.8 cm³/mol. The lowest BCUT2D eigenvalue weighted by Crippen LogP contribution is -2.14. The minimum Gasteiger partial charge on any atom is -0.365 e. The molecule has 0 radical (unpaired) electrons. The van der Waals surface area contributed by atoms with Gasteiger partial charge in [0.15, 0.2) is 0 Å². The molecule has 1 aromatic heterocycles. The third-order valence-electron chi connectivity index (χ3n) is 1.95. The van der Waals surface area contributed by atoms with E-state index in [0.717, 1.165) is 5.56 Å². The summed E-state index contributed by atoms with van der Waals surface area (Å²) in [5.41, 5.74) is 6.73. The largest absolute Gasteiger partial charge is 0.365 e. The van der Waals surface area contributed by atoms with Crippen LogP contribution in [0.5, 0.6) is 0 Å². The lowest BCUT2D eigenvalue weighted by atomic mass is 10.1. The molecule has 0 fully saturated rings. The van der Waals surface area contributed by atoms with Crippen LogP contribution in [0.4, 0.5) is 0 Å². The number of rotatable bonds is 2. The Kier molecular flexibility index (Phi) is 2.37. The van der Waals surface area contributed by atoms with Gasteiger partial charge in [-0.2, -0.15) is 0 Å². The Bertz CT molecular complexity index is 484. The van der Waals surface area contributed by atoms with E-state index in [0.29, 0.717) is 5.69 Å². The van der Waals surface area contributed by atoms with Crippen molar-refractivity contribution in [3.8, 4) is 11.3 Å². The van der Waals surface area contributed by atoms with Gasteiger partial charge in [0.05, 0.1) is 11.8 Å². The first-order valence-electron chi connectivity index (χ1n) is 4.32. The van der Waals surface area contributed by atoms with E-state index >= 15 is 0 Å². The third kappa shape index (κ3) is 1.80. The first kappa shape index (κ1) is 9.26. The first-order valence-corrected chi connectivity index (χ1v) is 4.32. The van der Waals surface area contributed by atoms with Gasteiger partial charge in [0.1, 0.15) is 5.69 Å². The van der Waals surface area contributed by atoms with Crippen molar-refractivity contribution in [2.45, 2.75) is 0 Å². The minimum absolute atomic E-state index is 0.274. The third-order valence-corrected chi connectivity index (χ3v) is 1.95. The molecule has 74 valence electrons. The maximum Gasteiger partial charge on any atom is 0.252 e. The van der Waals surface area contributed by atoms with Crippen molar-refractivity contribution in [2.24, 2.45) is 5.73 Å². The van der Waals surface area contributed by atoms with Crippen molar-refractivity contribution in [1.29, 1.82) is 0 Å². The van der Waals surface area contributed by atoms with Crippen LogP contribution in [0.15, 0.2) is 36.5 Å². The molecule has 2 rings (SSSR count). The fourth-order valence-electron chi connectivity index (χ4n) is 1.26. The number of carbonyl (C=O) groups is 1. The van der Waals surface area contributed by atoms with Crippen LogP contribution in [0.3, 0.4) is 0 Å². The molecular formula is C10H8N4O. The van der Waals surface area contributed by atoms with E-state index in [4.69, 9.17) is 5.73 Å². The molecule has 0 aliphatic heterocycles. The number of nitrogens with zero attached hydrogens (tertiary/aromatic N) is 3. The number of aromatic nitrogens is 3. The highest BCUT2D eigenvalue weighted by Gasteiger charge is 2.11. The van der Waals surface area contributed by atoms with E-state index in [1.54, 1.807) is 0 Å². The summed E-state index contributed by atoms with van der Waals surface area (Å²) in [7, 11) is 0. The van der Waals surface area contributed by atoms with E-state index in [1.807, 2.05) is 30.3 Å². The molecular weight excluding hydrogens is 192 g/mol. The highest BCUT2D eigenvalue weighted by molar-refractivity contribution is 5.98. The summed E-state index contributed by atoms with van der Waals surface area (Å²) in [6.07, 6.45) is 1.32. The minimum atomic E-state index is -0.559. The second-order valence-electron chi connectivity index (χ2n) is 2.93. The zero-order valence-electron chi connectivity index (χ0n) is 7.79. The lowest BCUT2D eigenvalue weighted by Gasteiger charge is -2.02. The zero-order chi connectivity index (χ0) is 10.7. The maximum atomic E-state index is 11.1. The van der Waals surface area contributed by atoms with Crippen LogP contribution < -0.4 is 5.73 Å². The van der Waals surface area contributed by atoms with Crippen LogP contribution in [0.25, 0.3) is 11.3 Å². The molecule has 0 atom stereocenters. The highest BCUT2D eigenvalue weighted by atomic mass is 16.1. The smallest absolute Gasteiger partial charge is 0.252 e. The first-order chi connectivity index (χ1) is 7.29. The Morgan fingerprint density at radius 3 is 2.60 bits per heavy atom. The number of amides is 1. The second-order valence-corrected chi connectivity index (χ2v) is 2.93. The van der Waals surface area contributed by atoms with Gasteiger partial charge in [-0.05, 0) is 5.21 Å². The number of carbonyl (C=O) groups excluding carboxylic acids is 1. The van der Waals surface area contributed by atoms with Crippen molar-refractivity contribution >= 4 is 5.91 Å². The van der Waals surface area contributed by atoms with E-state index in [2.05, 4.69) is 15.4 Å². The fourth-order valence-corrected chi connectivity index (χ4v) is 1.26. The van der Waals surface area contributed by atoms with Gasteiger partial charge < -0.3 is 5.73 Å². The Morgan fingerprint density at radius 2 is 1.93 bits per heavy atom. The average Bonchev–Trinajstić information content (AvgIpc) is 2.30. The standard InChI is InChI=1S/C10H8N4O/c11-10(15)8-6-12-14-13-9(8)7-4-2-1-3-5-7/h1-6H,(H2,11,15). The van der Waals surface area contributed by atoms with E-state index in [9.17, 15) is 4.79 Å². The monoisotopic (exact) mass is 200 g/mol. The number of hydrogen-bond donors (Lipinski definition) is 1.